The molecule has 19 heavy (non-hydrogen) atoms. The Morgan fingerprint density at radius 3 is 3.00 bits per heavy atom. The van der Waals surface area contributed by atoms with Gasteiger partial charge in [0.05, 0.1) is 19.6 Å². The standard InChI is InChI=1S/C12H13NO6/c1-17-9-2-7(3-10-12(9)19-6-18-10)8(13-5-14)4-11(15)16/h2-3,5,8H,4,6H2,1H3,(H,13,14)(H,15,16). The summed E-state index contributed by atoms with van der Waals surface area (Å²) in [6.45, 7) is 0.0832. The van der Waals surface area contributed by atoms with Crippen molar-refractivity contribution in [2.75, 3.05) is 13.9 Å². The number of methoxy groups -OCH3 is 1. The molecule has 0 saturated heterocycles. The highest BCUT2D eigenvalue weighted by Crippen LogP contribution is 2.43. The number of hydrogen-bond acceptors (Lipinski definition) is 5. The van der Waals surface area contributed by atoms with E-state index in [9.17, 15) is 9.59 Å². The molecule has 0 saturated carbocycles. The number of carbonyl (C=O) groups is 2. The van der Waals surface area contributed by atoms with Crippen molar-refractivity contribution in [3.8, 4) is 17.2 Å². The molecule has 1 amide bonds. The molecule has 1 aromatic carbocycles. The maximum absolute atomic E-state index is 10.8. The summed E-state index contributed by atoms with van der Waals surface area (Å²) in [4.78, 5) is 21.4. The van der Waals surface area contributed by atoms with Gasteiger partial charge in [0.15, 0.2) is 11.5 Å². The van der Waals surface area contributed by atoms with Crippen molar-refractivity contribution in [3.63, 3.8) is 0 Å². The molecule has 0 bridgehead atoms. The van der Waals surface area contributed by atoms with Crippen molar-refractivity contribution >= 4 is 12.4 Å². The molecule has 1 aliphatic rings. The van der Waals surface area contributed by atoms with Crippen LogP contribution in [0.4, 0.5) is 0 Å². The van der Waals surface area contributed by atoms with Gasteiger partial charge in [-0.05, 0) is 17.7 Å². The van der Waals surface area contributed by atoms with Crippen molar-refractivity contribution in [2.45, 2.75) is 12.5 Å². The molecule has 1 heterocycles. The maximum atomic E-state index is 10.8. The fourth-order valence-electron chi connectivity index (χ4n) is 1.88. The van der Waals surface area contributed by atoms with Crippen LogP contribution in [0.3, 0.4) is 0 Å². The Bertz CT molecular complexity index is 501. The molecule has 7 nitrogen and oxygen atoms in total. The van der Waals surface area contributed by atoms with E-state index in [0.29, 0.717) is 29.2 Å². The van der Waals surface area contributed by atoms with Crippen molar-refractivity contribution < 1.29 is 28.9 Å². The molecule has 0 aromatic heterocycles. The molecule has 1 atom stereocenters. The summed E-state index contributed by atoms with van der Waals surface area (Å²) in [6.07, 6.45) is 0.228. The van der Waals surface area contributed by atoms with E-state index in [0.717, 1.165) is 0 Å². The third-order valence-electron chi connectivity index (χ3n) is 2.73. The zero-order valence-electron chi connectivity index (χ0n) is 10.2. The molecule has 102 valence electrons. The van der Waals surface area contributed by atoms with E-state index in [-0.39, 0.29) is 13.2 Å². The van der Waals surface area contributed by atoms with Gasteiger partial charge in [-0.2, -0.15) is 0 Å². The number of fused-ring (bicyclic) bond motifs is 1. The van der Waals surface area contributed by atoms with Crippen LogP contribution in [0.1, 0.15) is 18.0 Å². The molecule has 0 fully saturated rings. The summed E-state index contributed by atoms with van der Waals surface area (Å²) in [5.41, 5.74) is 0.579. The minimum Gasteiger partial charge on any atom is -0.493 e. The Kier molecular flexibility index (Phi) is 3.74. The lowest BCUT2D eigenvalue weighted by atomic mass is 10.0. The van der Waals surface area contributed by atoms with Crippen LogP contribution in [0.15, 0.2) is 12.1 Å². The van der Waals surface area contributed by atoms with Crippen LogP contribution in [0.25, 0.3) is 0 Å². The van der Waals surface area contributed by atoms with Crippen LogP contribution in [-0.2, 0) is 9.59 Å². The quantitative estimate of drug-likeness (QED) is 0.736. The first-order valence-electron chi connectivity index (χ1n) is 5.54. The lowest BCUT2D eigenvalue weighted by Crippen LogP contribution is -2.22. The van der Waals surface area contributed by atoms with Gasteiger partial charge >= 0.3 is 5.97 Å². The minimum atomic E-state index is -1.02. The number of ether oxygens (including phenoxy) is 3. The second-order valence-electron chi connectivity index (χ2n) is 3.89. The van der Waals surface area contributed by atoms with Gasteiger partial charge in [0, 0.05) is 0 Å². The highest BCUT2D eigenvalue weighted by molar-refractivity contribution is 5.69. The van der Waals surface area contributed by atoms with Gasteiger partial charge in [0.2, 0.25) is 19.0 Å². The molecule has 0 spiro atoms. The topological polar surface area (TPSA) is 94.1 Å². The summed E-state index contributed by atoms with van der Waals surface area (Å²) >= 11 is 0. The minimum absolute atomic E-state index is 0.0832. The van der Waals surface area contributed by atoms with Gasteiger partial charge < -0.3 is 24.6 Å². The van der Waals surface area contributed by atoms with Crippen LogP contribution in [0.5, 0.6) is 17.2 Å². The van der Waals surface area contributed by atoms with Gasteiger partial charge in [0.1, 0.15) is 0 Å². The third-order valence-corrected chi connectivity index (χ3v) is 2.73. The average Bonchev–Trinajstić information content (AvgIpc) is 2.84. The fraction of sp³-hybridized carbons (Fsp3) is 0.333. The number of nitrogens with one attached hydrogen (secondary N) is 1. The van der Waals surface area contributed by atoms with Crippen molar-refractivity contribution in [1.82, 2.24) is 5.32 Å². The van der Waals surface area contributed by atoms with Crippen molar-refractivity contribution in [1.29, 1.82) is 0 Å². The SMILES string of the molecule is COc1cc(C(CC(=O)O)NC=O)cc2c1OCO2. The molecule has 1 aliphatic heterocycles. The molecule has 0 aliphatic carbocycles. The molecular weight excluding hydrogens is 254 g/mol. The second-order valence-corrected chi connectivity index (χ2v) is 3.89. The van der Waals surface area contributed by atoms with Gasteiger partial charge in [-0.15, -0.1) is 0 Å². The number of aliphatic carboxylic acids is 1. The monoisotopic (exact) mass is 267 g/mol. The largest absolute Gasteiger partial charge is 0.493 e. The van der Waals surface area contributed by atoms with E-state index in [4.69, 9.17) is 19.3 Å². The summed E-state index contributed by atoms with van der Waals surface area (Å²) in [5.74, 6) is 0.368. The normalized spacial score (nSPS) is 13.7. The summed E-state index contributed by atoms with van der Waals surface area (Å²) < 4.78 is 15.7. The van der Waals surface area contributed by atoms with Crippen LogP contribution in [0, 0.1) is 0 Å². The maximum Gasteiger partial charge on any atom is 0.305 e. The number of carboxylic acid groups (broad SMARTS) is 1. The predicted octanol–water partition coefficient (Wildman–Crippen LogP) is 0.686. The Labute approximate surface area is 109 Å². The molecule has 0 radical (unpaired) electrons. The highest BCUT2D eigenvalue weighted by atomic mass is 16.7. The van der Waals surface area contributed by atoms with E-state index in [1.165, 1.54) is 7.11 Å². The lowest BCUT2D eigenvalue weighted by molar-refractivity contribution is -0.137. The predicted molar refractivity (Wildman–Crippen MR) is 63.3 cm³/mol. The van der Waals surface area contributed by atoms with E-state index in [1.54, 1.807) is 12.1 Å². The molecule has 2 N–H and O–H groups in total. The smallest absolute Gasteiger partial charge is 0.305 e. The van der Waals surface area contributed by atoms with E-state index >= 15 is 0 Å². The van der Waals surface area contributed by atoms with E-state index in [2.05, 4.69) is 5.32 Å². The van der Waals surface area contributed by atoms with E-state index < -0.39 is 12.0 Å². The van der Waals surface area contributed by atoms with Crippen molar-refractivity contribution in [3.05, 3.63) is 17.7 Å². The number of carbonyl (C=O) groups excluding carboxylic acids is 1. The Hall–Kier alpha value is -2.44. The third kappa shape index (κ3) is 2.70. The summed E-state index contributed by atoms with van der Waals surface area (Å²) in [5, 5.41) is 11.3. The fourth-order valence-corrected chi connectivity index (χ4v) is 1.88. The zero-order valence-corrected chi connectivity index (χ0v) is 10.2. The van der Waals surface area contributed by atoms with Gasteiger partial charge in [0.25, 0.3) is 0 Å². The molecule has 1 aromatic rings. The molecule has 1 unspecified atom stereocenters. The average molecular weight is 267 g/mol. The van der Waals surface area contributed by atoms with Crippen LogP contribution >= 0.6 is 0 Å². The van der Waals surface area contributed by atoms with Gasteiger partial charge in [-0.3, -0.25) is 9.59 Å². The Morgan fingerprint density at radius 1 is 1.58 bits per heavy atom. The first-order chi connectivity index (χ1) is 9.15. The van der Waals surface area contributed by atoms with Crippen LogP contribution < -0.4 is 19.5 Å². The highest BCUT2D eigenvalue weighted by Gasteiger charge is 2.24. The van der Waals surface area contributed by atoms with Gasteiger partial charge in [-0.25, -0.2) is 0 Å². The van der Waals surface area contributed by atoms with E-state index in [1.807, 2.05) is 0 Å². The number of benzene rings is 1. The van der Waals surface area contributed by atoms with Crippen LogP contribution in [0.2, 0.25) is 0 Å². The number of hydrogen-bond donors (Lipinski definition) is 2. The molecule has 2 rings (SSSR count). The molecular formula is C12H13NO6. The van der Waals surface area contributed by atoms with Crippen LogP contribution in [-0.4, -0.2) is 31.4 Å². The van der Waals surface area contributed by atoms with Gasteiger partial charge in [-0.1, -0.05) is 0 Å². The lowest BCUT2D eigenvalue weighted by Gasteiger charge is -2.16. The Balaban J connectivity index is 2.36. The molecule has 7 heteroatoms. The number of rotatable bonds is 6. The summed E-state index contributed by atoms with van der Waals surface area (Å²) in [6, 6.07) is 2.60. The Morgan fingerprint density at radius 2 is 2.37 bits per heavy atom. The second kappa shape index (κ2) is 5.47. The number of carboxylic acids is 1. The zero-order chi connectivity index (χ0) is 13.8. The first-order valence-corrected chi connectivity index (χ1v) is 5.54. The first kappa shape index (κ1) is 13.0. The number of amides is 1. The summed E-state index contributed by atoms with van der Waals surface area (Å²) in [7, 11) is 1.47. The van der Waals surface area contributed by atoms with Crippen molar-refractivity contribution in [2.24, 2.45) is 0 Å².